The number of benzene rings is 1. The van der Waals surface area contributed by atoms with Gasteiger partial charge in [0.05, 0.1) is 5.02 Å². The van der Waals surface area contributed by atoms with Gasteiger partial charge in [-0.2, -0.15) is 0 Å². The fourth-order valence-corrected chi connectivity index (χ4v) is 2.34. The predicted octanol–water partition coefficient (Wildman–Crippen LogP) is 2.60. The molecule has 0 aromatic heterocycles. The van der Waals surface area contributed by atoms with Crippen LogP contribution in [-0.4, -0.2) is 23.7 Å². The number of amides is 1. The number of carbonyl (C=O) groups is 1. The lowest BCUT2D eigenvalue weighted by molar-refractivity contribution is 0.0937. The standard InChI is InChI=1S/C16H18ClNO2/c1-11(9-12-4-5-12)18-16(20)14-7-6-13(3-2-8-19)15(17)10-14/h6-7,10-12,19H,4-5,8-9H2,1H3,(H,18,20). The monoisotopic (exact) mass is 291 g/mol. The fourth-order valence-electron chi connectivity index (χ4n) is 2.11. The molecule has 1 atom stereocenters. The largest absolute Gasteiger partial charge is 0.384 e. The van der Waals surface area contributed by atoms with Gasteiger partial charge in [0.15, 0.2) is 0 Å². The van der Waals surface area contributed by atoms with Crippen LogP contribution < -0.4 is 5.32 Å². The number of aliphatic hydroxyl groups excluding tert-OH is 1. The molecule has 1 unspecified atom stereocenters. The van der Waals surface area contributed by atoms with Gasteiger partial charge in [0, 0.05) is 17.2 Å². The predicted molar refractivity (Wildman–Crippen MR) is 79.7 cm³/mol. The van der Waals surface area contributed by atoms with Crippen LogP contribution in [0.25, 0.3) is 0 Å². The first-order chi connectivity index (χ1) is 9.60. The van der Waals surface area contributed by atoms with E-state index in [9.17, 15) is 4.79 Å². The van der Waals surface area contributed by atoms with Gasteiger partial charge in [-0.25, -0.2) is 0 Å². The Morgan fingerprint density at radius 3 is 2.90 bits per heavy atom. The van der Waals surface area contributed by atoms with E-state index in [4.69, 9.17) is 16.7 Å². The molecule has 0 saturated heterocycles. The number of halogens is 1. The summed E-state index contributed by atoms with van der Waals surface area (Å²) in [5.41, 5.74) is 1.15. The molecule has 4 heteroatoms. The van der Waals surface area contributed by atoms with Crippen molar-refractivity contribution in [1.29, 1.82) is 0 Å². The zero-order chi connectivity index (χ0) is 14.5. The molecule has 0 spiro atoms. The van der Waals surface area contributed by atoms with E-state index >= 15 is 0 Å². The Hall–Kier alpha value is -1.50. The highest BCUT2D eigenvalue weighted by molar-refractivity contribution is 6.32. The second kappa shape index (κ2) is 6.78. The molecule has 2 rings (SSSR count). The SMILES string of the molecule is CC(CC1CC1)NC(=O)c1ccc(C#CCO)c(Cl)c1. The minimum Gasteiger partial charge on any atom is -0.384 e. The topological polar surface area (TPSA) is 49.3 Å². The van der Waals surface area contributed by atoms with Crippen molar-refractivity contribution in [3.8, 4) is 11.8 Å². The van der Waals surface area contributed by atoms with E-state index in [-0.39, 0.29) is 18.6 Å². The van der Waals surface area contributed by atoms with E-state index in [1.54, 1.807) is 18.2 Å². The summed E-state index contributed by atoms with van der Waals surface area (Å²) in [4.78, 5) is 12.1. The summed E-state index contributed by atoms with van der Waals surface area (Å²) in [6.45, 7) is 1.82. The summed E-state index contributed by atoms with van der Waals surface area (Å²) in [6, 6.07) is 5.20. The summed E-state index contributed by atoms with van der Waals surface area (Å²) in [5.74, 6) is 5.95. The number of carbonyl (C=O) groups excluding carboxylic acids is 1. The minimum absolute atomic E-state index is 0.110. The molecule has 1 fully saturated rings. The molecule has 1 amide bonds. The maximum absolute atomic E-state index is 12.1. The van der Waals surface area contributed by atoms with Crippen LogP contribution in [0.4, 0.5) is 0 Å². The first-order valence-electron chi connectivity index (χ1n) is 6.80. The Morgan fingerprint density at radius 2 is 2.30 bits per heavy atom. The molecule has 1 aliphatic carbocycles. The van der Waals surface area contributed by atoms with Crippen molar-refractivity contribution >= 4 is 17.5 Å². The molecule has 1 aromatic rings. The van der Waals surface area contributed by atoms with E-state index < -0.39 is 0 Å². The molecule has 0 radical (unpaired) electrons. The maximum atomic E-state index is 12.1. The minimum atomic E-state index is -0.211. The summed E-state index contributed by atoms with van der Waals surface area (Å²) in [7, 11) is 0. The molecule has 0 bridgehead atoms. The molecule has 20 heavy (non-hydrogen) atoms. The van der Waals surface area contributed by atoms with Crippen molar-refractivity contribution < 1.29 is 9.90 Å². The van der Waals surface area contributed by atoms with Crippen LogP contribution in [0.5, 0.6) is 0 Å². The molecule has 0 aliphatic heterocycles. The average Bonchev–Trinajstić information content (AvgIpc) is 3.20. The molecule has 3 nitrogen and oxygen atoms in total. The van der Waals surface area contributed by atoms with Crippen LogP contribution >= 0.6 is 11.6 Å². The van der Waals surface area contributed by atoms with Gasteiger partial charge in [-0.3, -0.25) is 4.79 Å². The van der Waals surface area contributed by atoms with Crippen molar-refractivity contribution in [2.24, 2.45) is 5.92 Å². The summed E-state index contributed by atoms with van der Waals surface area (Å²) >= 11 is 6.08. The van der Waals surface area contributed by atoms with E-state index in [2.05, 4.69) is 17.2 Å². The van der Waals surface area contributed by atoms with Gasteiger partial charge in [-0.1, -0.05) is 36.3 Å². The highest BCUT2D eigenvalue weighted by atomic mass is 35.5. The molecule has 1 aromatic carbocycles. The number of rotatable bonds is 4. The molecule has 1 aliphatic rings. The first kappa shape index (κ1) is 14.9. The Morgan fingerprint density at radius 1 is 1.55 bits per heavy atom. The Bertz CT molecular complexity index is 555. The van der Waals surface area contributed by atoms with Crippen LogP contribution in [0, 0.1) is 17.8 Å². The summed E-state index contributed by atoms with van der Waals surface area (Å²) in [6.07, 6.45) is 3.61. The summed E-state index contributed by atoms with van der Waals surface area (Å²) < 4.78 is 0. The van der Waals surface area contributed by atoms with Crippen molar-refractivity contribution in [2.75, 3.05) is 6.61 Å². The van der Waals surface area contributed by atoms with Crippen molar-refractivity contribution in [3.05, 3.63) is 34.3 Å². The van der Waals surface area contributed by atoms with Crippen LogP contribution in [0.2, 0.25) is 5.02 Å². The van der Waals surface area contributed by atoms with Gasteiger partial charge in [-0.05, 0) is 37.5 Å². The van der Waals surface area contributed by atoms with Crippen molar-refractivity contribution in [3.63, 3.8) is 0 Å². The number of nitrogens with one attached hydrogen (secondary N) is 1. The molecule has 1 saturated carbocycles. The second-order valence-electron chi connectivity index (χ2n) is 5.21. The smallest absolute Gasteiger partial charge is 0.251 e. The molecule has 106 valence electrons. The third-order valence-corrected chi connectivity index (χ3v) is 3.61. The third-order valence-electron chi connectivity index (χ3n) is 3.29. The van der Waals surface area contributed by atoms with Crippen molar-refractivity contribution in [1.82, 2.24) is 5.32 Å². The third kappa shape index (κ3) is 4.26. The quantitative estimate of drug-likeness (QED) is 0.838. The zero-order valence-electron chi connectivity index (χ0n) is 11.4. The average molecular weight is 292 g/mol. The van der Waals surface area contributed by atoms with E-state index in [1.807, 2.05) is 6.92 Å². The Balaban J connectivity index is 2.00. The van der Waals surface area contributed by atoms with Crippen LogP contribution in [0.3, 0.4) is 0 Å². The Kier molecular flexibility index (Phi) is 5.05. The van der Waals surface area contributed by atoms with Gasteiger partial charge in [0.25, 0.3) is 5.91 Å². The highest BCUT2D eigenvalue weighted by Gasteiger charge is 2.24. The molecule has 0 heterocycles. The van der Waals surface area contributed by atoms with Crippen LogP contribution in [0.15, 0.2) is 18.2 Å². The maximum Gasteiger partial charge on any atom is 0.251 e. The second-order valence-corrected chi connectivity index (χ2v) is 5.62. The van der Waals surface area contributed by atoms with Gasteiger partial charge in [-0.15, -0.1) is 0 Å². The van der Waals surface area contributed by atoms with E-state index in [0.29, 0.717) is 16.1 Å². The molecular weight excluding hydrogens is 274 g/mol. The van der Waals surface area contributed by atoms with Crippen molar-refractivity contribution in [2.45, 2.75) is 32.2 Å². The first-order valence-corrected chi connectivity index (χ1v) is 7.18. The van der Waals surface area contributed by atoms with Gasteiger partial charge >= 0.3 is 0 Å². The fraction of sp³-hybridized carbons (Fsp3) is 0.438. The number of aliphatic hydroxyl groups is 1. The lowest BCUT2D eigenvalue weighted by atomic mass is 10.1. The van der Waals surface area contributed by atoms with E-state index in [0.717, 1.165) is 12.3 Å². The number of hydrogen-bond acceptors (Lipinski definition) is 2. The molecule has 2 N–H and O–H groups in total. The number of hydrogen-bond donors (Lipinski definition) is 2. The zero-order valence-corrected chi connectivity index (χ0v) is 12.2. The molecular formula is C16H18ClNO2. The lowest BCUT2D eigenvalue weighted by Crippen LogP contribution is -2.32. The Labute approximate surface area is 124 Å². The van der Waals surface area contributed by atoms with Crippen LogP contribution in [0.1, 0.15) is 42.1 Å². The normalized spacial score (nSPS) is 15.2. The van der Waals surface area contributed by atoms with Gasteiger partial charge in [0.1, 0.15) is 6.61 Å². The lowest BCUT2D eigenvalue weighted by Gasteiger charge is -2.13. The van der Waals surface area contributed by atoms with E-state index in [1.165, 1.54) is 12.8 Å². The van der Waals surface area contributed by atoms with Gasteiger partial charge < -0.3 is 10.4 Å². The highest BCUT2D eigenvalue weighted by Crippen LogP contribution is 2.33. The van der Waals surface area contributed by atoms with Gasteiger partial charge in [0.2, 0.25) is 0 Å². The van der Waals surface area contributed by atoms with Crippen LogP contribution in [-0.2, 0) is 0 Å². The summed E-state index contributed by atoms with van der Waals surface area (Å²) in [5, 5.41) is 12.1.